The van der Waals surface area contributed by atoms with Crippen LogP contribution < -0.4 is 20.3 Å². The van der Waals surface area contributed by atoms with Gasteiger partial charge in [-0.25, -0.2) is 65.5 Å². The van der Waals surface area contributed by atoms with Crippen molar-refractivity contribution in [2.45, 2.75) is 30.3 Å². The molecule has 23 nitrogen and oxygen atoms in total. The van der Waals surface area contributed by atoms with Crippen LogP contribution in [0.1, 0.15) is 19.1 Å². The van der Waals surface area contributed by atoms with Gasteiger partial charge >= 0.3 is 7.75 Å². The Hall–Kier alpha value is -8.29. The van der Waals surface area contributed by atoms with E-state index in [-0.39, 0.29) is 36.1 Å². The Morgan fingerprint density at radius 3 is 1.41 bits per heavy atom. The molecule has 7 N–H and O–H groups in total. The number of pyridine rings is 2. The van der Waals surface area contributed by atoms with Crippen molar-refractivity contribution in [1.82, 2.24) is 63.6 Å². The van der Waals surface area contributed by atoms with Crippen molar-refractivity contribution < 1.29 is 31.2 Å². The van der Waals surface area contributed by atoms with Crippen molar-refractivity contribution in [3.05, 3.63) is 171 Å². The molecule has 360 valence electrons. The van der Waals surface area contributed by atoms with Crippen LogP contribution in [0.25, 0.3) is 56.1 Å². The topological polar surface area (TPSA) is 326 Å². The lowest BCUT2D eigenvalue weighted by Crippen LogP contribution is -2.20. The maximum atomic E-state index is 12.4. The Kier molecular flexibility index (Phi) is 14.4. The number of aromatic nitrogens is 12. The Labute approximate surface area is 405 Å². The fourth-order valence-electron chi connectivity index (χ4n) is 7.00. The maximum Gasteiger partial charge on any atom is 0.414 e. The van der Waals surface area contributed by atoms with Crippen molar-refractivity contribution in [2.24, 2.45) is 5.14 Å². The van der Waals surface area contributed by atoms with Crippen LogP contribution in [0.2, 0.25) is 0 Å². The Balaban J connectivity index is 0.000000189. The summed E-state index contributed by atoms with van der Waals surface area (Å²) in [7, 11) is -13.5. The lowest BCUT2D eigenvalue weighted by Gasteiger charge is -2.12. The molecular weight excluding hydrogens is 972 g/mol. The smallest absolute Gasteiger partial charge is 0.361 e. The van der Waals surface area contributed by atoms with Gasteiger partial charge in [0.1, 0.15) is 32.5 Å². The SMILES string of the molecule is C.NS(=O)(=O)c1cncc(-c2nc(NCc3ncccn3)c3c(-c4ccccc4)ccn3n2)c1.O=P(O)(O)NS(=O)(=O)c1cncc(-c2nc(NCc3ncccn3)c3c(-c4ccccc4)ccn3n2)c1. The third kappa shape index (κ3) is 11.6. The van der Waals surface area contributed by atoms with Crippen LogP contribution in [-0.4, -0.2) is 85.7 Å². The number of hydrogen-bond acceptors (Lipinski definition) is 17. The molecule has 26 heteroatoms. The zero-order valence-electron chi connectivity index (χ0n) is 36.1. The molecule has 0 aliphatic heterocycles. The van der Waals surface area contributed by atoms with Crippen molar-refractivity contribution in [3.63, 3.8) is 0 Å². The van der Waals surface area contributed by atoms with Gasteiger partial charge in [-0.1, -0.05) is 68.1 Å². The highest BCUT2D eigenvalue weighted by Gasteiger charge is 2.26. The molecule has 10 aromatic rings. The van der Waals surface area contributed by atoms with Gasteiger partial charge in [-0.2, -0.15) is 0 Å². The number of nitrogens with zero attached hydrogens (tertiary/aromatic N) is 12. The van der Waals surface area contributed by atoms with Crippen LogP contribution in [0, 0.1) is 0 Å². The molecule has 0 atom stereocenters. The average molecular weight is 1010 g/mol. The first-order valence-electron chi connectivity index (χ1n) is 20.6. The van der Waals surface area contributed by atoms with Crippen molar-refractivity contribution in [2.75, 3.05) is 10.6 Å². The molecule has 0 radical (unpaired) electrons. The van der Waals surface area contributed by atoms with Crippen LogP contribution in [0.5, 0.6) is 0 Å². The molecule has 0 unspecified atom stereocenters. The number of nitrogens with two attached hydrogens (primary N) is 1. The van der Waals surface area contributed by atoms with E-state index < -0.39 is 32.7 Å². The van der Waals surface area contributed by atoms with Gasteiger partial charge in [0.2, 0.25) is 10.0 Å². The van der Waals surface area contributed by atoms with Crippen LogP contribution in [0.15, 0.2) is 169 Å². The van der Waals surface area contributed by atoms with E-state index in [0.29, 0.717) is 40.9 Å². The fourth-order valence-corrected chi connectivity index (χ4v) is 9.66. The normalized spacial score (nSPS) is 11.6. The highest BCUT2D eigenvalue weighted by molar-refractivity contribution is 7.94. The minimum absolute atomic E-state index is 0. The molecule has 71 heavy (non-hydrogen) atoms. The summed E-state index contributed by atoms with van der Waals surface area (Å²) < 4.78 is 64.2. The standard InChI is InChI=1S/C22H19N8O5PS.C22H18N8O2S.CH4/c31-36(32,33)29-37(34,35)17-11-16(12-23-13-17)21-27-22(26-14-19-24-8-4-9-25-19)20-18(7-10-30(20)28-21)15-5-2-1-3-6-15;23-33(31,32)17-11-16(12-24-13-17)21-28-22(27-14-19-25-8-4-9-26-19)20-18(7-10-30(20)29-21)15-5-2-1-3-6-15;/h1-13H,14H2,(H,26,27,28)(H3,29,31,32,33);1-13H,14H2,(H2,23,31,32)(H,27,28,29);1H4. The quantitative estimate of drug-likeness (QED) is 0.0745. The molecule has 8 aromatic heterocycles. The Bertz CT molecular complexity index is 3760. The first kappa shape index (κ1) is 49.1. The minimum atomic E-state index is -5.07. The number of benzene rings is 2. The highest BCUT2D eigenvalue weighted by Crippen LogP contribution is 2.35. The summed E-state index contributed by atoms with van der Waals surface area (Å²) in [6.45, 7) is 0.590. The van der Waals surface area contributed by atoms with Gasteiger partial charge in [-0.05, 0) is 47.5 Å². The number of hydrogen-bond donors (Lipinski definition) is 6. The zero-order valence-corrected chi connectivity index (χ0v) is 38.6. The summed E-state index contributed by atoms with van der Waals surface area (Å²) in [5.74, 6) is 2.51. The zero-order chi connectivity index (χ0) is 48.9. The van der Waals surface area contributed by atoms with Crippen LogP contribution in [0.4, 0.5) is 11.6 Å². The summed E-state index contributed by atoms with van der Waals surface area (Å²) in [5.41, 5.74) is 5.81. The van der Waals surface area contributed by atoms with E-state index in [2.05, 4.69) is 55.7 Å². The molecule has 0 fully saturated rings. The van der Waals surface area contributed by atoms with Gasteiger partial charge in [0.15, 0.2) is 23.3 Å². The van der Waals surface area contributed by atoms with Crippen LogP contribution in [-0.2, 0) is 37.7 Å². The molecule has 0 aliphatic rings. The largest absolute Gasteiger partial charge is 0.414 e. The van der Waals surface area contributed by atoms with Crippen molar-refractivity contribution in [3.8, 4) is 45.0 Å². The minimum Gasteiger partial charge on any atom is -0.361 e. The van der Waals surface area contributed by atoms with E-state index >= 15 is 0 Å². The highest BCUT2D eigenvalue weighted by atomic mass is 32.2. The summed E-state index contributed by atoms with van der Waals surface area (Å²) in [4.78, 5) is 51.7. The molecule has 10 rings (SSSR count). The van der Waals surface area contributed by atoms with Gasteiger partial charge in [0.25, 0.3) is 10.0 Å². The molecule has 0 amide bonds. The number of anilines is 2. The molecule has 0 bridgehead atoms. The van der Waals surface area contributed by atoms with Gasteiger partial charge in [0, 0.05) is 84.2 Å². The van der Waals surface area contributed by atoms with E-state index in [1.807, 2.05) is 79.0 Å². The average Bonchev–Trinajstić information content (AvgIpc) is 4.01. The number of fused-ring (bicyclic) bond motifs is 2. The predicted octanol–water partition coefficient (Wildman–Crippen LogP) is 5.38. The van der Waals surface area contributed by atoms with Crippen molar-refractivity contribution >= 4 is 50.5 Å². The van der Waals surface area contributed by atoms with E-state index in [1.165, 1.54) is 35.2 Å². The molecule has 0 aliphatic carbocycles. The fraction of sp³-hybridized carbons (Fsp3) is 0.0667. The van der Waals surface area contributed by atoms with E-state index in [0.717, 1.165) is 34.0 Å². The predicted molar refractivity (Wildman–Crippen MR) is 262 cm³/mol. The van der Waals surface area contributed by atoms with E-state index in [1.54, 1.807) is 52.1 Å². The van der Waals surface area contributed by atoms with E-state index in [4.69, 9.17) is 19.9 Å². The molecule has 8 heterocycles. The second-order valence-electron chi connectivity index (χ2n) is 14.9. The maximum absolute atomic E-state index is 12.4. The second-order valence-corrected chi connectivity index (χ2v) is 19.7. The number of nitrogens with one attached hydrogen (secondary N) is 3. The second kappa shape index (κ2) is 20.7. The summed E-state index contributed by atoms with van der Waals surface area (Å²) in [6, 6.07) is 29.4. The number of primary sulfonamides is 1. The van der Waals surface area contributed by atoms with Crippen LogP contribution in [0.3, 0.4) is 0 Å². The Morgan fingerprint density at radius 1 is 0.563 bits per heavy atom. The van der Waals surface area contributed by atoms with Gasteiger partial charge in [-0.3, -0.25) is 9.97 Å². The summed E-state index contributed by atoms with van der Waals surface area (Å²) >= 11 is 0. The van der Waals surface area contributed by atoms with E-state index in [9.17, 15) is 21.4 Å². The summed E-state index contributed by atoms with van der Waals surface area (Å²) in [6.07, 6.45) is 15.2. The number of sulfonamides is 2. The molecule has 0 spiro atoms. The van der Waals surface area contributed by atoms with Gasteiger partial charge < -0.3 is 20.4 Å². The molecule has 2 aromatic carbocycles. The molecule has 0 saturated carbocycles. The summed E-state index contributed by atoms with van der Waals surface area (Å²) in [5, 5.41) is 20.9. The third-order valence-electron chi connectivity index (χ3n) is 10.1. The lowest BCUT2D eigenvalue weighted by molar-refractivity contribution is 0.368. The molecular formula is C45H41N16O7PS2. The third-order valence-corrected chi connectivity index (χ3v) is 13.7. The first-order valence-corrected chi connectivity index (χ1v) is 25.3. The monoisotopic (exact) mass is 1010 g/mol. The lowest BCUT2D eigenvalue weighted by atomic mass is 10.1. The van der Waals surface area contributed by atoms with Gasteiger partial charge in [0.05, 0.1) is 13.1 Å². The number of rotatable bonds is 14. The van der Waals surface area contributed by atoms with Crippen LogP contribution >= 0.6 is 7.75 Å². The first-order chi connectivity index (χ1) is 33.7. The van der Waals surface area contributed by atoms with Gasteiger partial charge in [-0.15, -0.1) is 14.7 Å². The van der Waals surface area contributed by atoms with Crippen molar-refractivity contribution in [1.29, 1.82) is 0 Å². The Morgan fingerprint density at radius 2 is 0.986 bits per heavy atom. The molecule has 0 saturated heterocycles.